The number of rotatable bonds is 8. The summed E-state index contributed by atoms with van der Waals surface area (Å²) < 4.78 is 24.0. The number of carbonyl (C=O) groups excluding carboxylic acids is 4. The lowest BCUT2D eigenvalue weighted by Gasteiger charge is -2.28. The summed E-state index contributed by atoms with van der Waals surface area (Å²) in [4.78, 5) is 57.2. The molecule has 1 unspecified atom stereocenters. The van der Waals surface area contributed by atoms with Crippen molar-refractivity contribution >= 4 is 33.5 Å². The first-order valence-electron chi connectivity index (χ1n) is 9.97. The van der Waals surface area contributed by atoms with Crippen LogP contribution in [0.1, 0.15) is 49.7 Å². The van der Waals surface area contributed by atoms with Crippen LogP contribution in [0, 0.1) is 0 Å². The molecule has 1 atom stereocenters. The van der Waals surface area contributed by atoms with Crippen molar-refractivity contribution in [1.29, 1.82) is 0 Å². The van der Waals surface area contributed by atoms with E-state index in [4.69, 9.17) is 5.73 Å². The van der Waals surface area contributed by atoms with Gasteiger partial charge in [0.25, 0.3) is 5.91 Å². The molecular weight excluding hydrogens is 440 g/mol. The standard InChI is InChI=1S/C19H28N6O6S/c1-19(2,3)32(30,31)18-22-10-11-12(24-18)5-7-25(17(11)29)8-6-14(26)23-13(16(20)28)9-15(27)21-4/h10,13H,5-9H2,1-4H3,(H2,20,28)(H,21,27)(H,23,26). The Balaban J connectivity index is 2.04. The van der Waals surface area contributed by atoms with Crippen LogP contribution in [-0.4, -0.2) is 77.8 Å². The number of hydrogen-bond acceptors (Lipinski definition) is 8. The van der Waals surface area contributed by atoms with Crippen molar-refractivity contribution in [2.24, 2.45) is 5.73 Å². The zero-order chi connectivity index (χ0) is 24.3. The second-order valence-corrected chi connectivity index (χ2v) is 10.9. The van der Waals surface area contributed by atoms with Gasteiger partial charge in [-0.25, -0.2) is 18.4 Å². The summed E-state index contributed by atoms with van der Waals surface area (Å²) in [5.74, 6) is -2.26. The Morgan fingerprint density at radius 2 is 1.91 bits per heavy atom. The van der Waals surface area contributed by atoms with E-state index in [-0.39, 0.29) is 36.7 Å². The van der Waals surface area contributed by atoms with E-state index in [9.17, 15) is 27.6 Å². The predicted octanol–water partition coefficient (Wildman–Crippen LogP) is -1.46. The van der Waals surface area contributed by atoms with E-state index in [2.05, 4.69) is 20.6 Å². The van der Waals surface area contributed by atoms with Gasteiger partial charge in [-0.05, 0) is 20.8 Å². The lowest BCUT2D eigenvalue weighted by Crippen LogP contribution is -2.48. The maximum absolute atomic E-state index is 12.7. The number of nitrogens with two attached hydrogens (primary N) is 1. The van der Waals surface area contributed by atoms with E-state index in [1.807, 2.05) is 0 Å². The van der Waals surface area contributed by atoms with Crippen LogP contribution in [0.15, 0.2) is 11.4 Å². The smallest absolute Gasteiger partial charge is 0.257 e. The molecule has 0 bridgehead atoms. The fourth-order valence-corrected chi connectivity index (χ4v) is 3.88. The largest absolute Gasteiger partial charge is 0.368 e. The summed E-state index contributed by atoms with van der Waals surface area (Å²) in [5, 5.41) is 4.41. The second-order valence-electron chi connectivity index (χ2n) is 8.32. The van der Waals surface area contributed by atoms with Gasteiger partial charge in [-0.1, -0.05) is 0 Å². The molecule has 13 heteroatoms. The number of hydrogen-bond donors (Lipinski definition) is 3. The number of nitrogens with one attached hydrogen (secondary N) is 2. The van der Waals surface area contributed by atoms with Crippen LogP contribution in [0.2, 0.25) is 0 Å². The van der Waals surface area contributed by atoms with Gasteiger partial charge in [-0.2, -0.15) is 0 Å². The van der Waals surface area contributed by atoms with Gasteiger partial charge < -0.3 is 21.3 Å². The first kappa shape index (κ1) is 25.2. The van der Waals surface area contributed by atoms with Gasteiger partial charge in [0, 0.05) is 39.2 Å². The molecule has 0 aromatic carbocycles. The molecule has 0 saturated heterocycles. The molecule has 0 fully saturated rings. The van der Waals surface area contributed by atoms with E-state index in [0.29, 0.717) is 12.1 Å². The van der Waals surface area contributed by atoms with Gasteiger partial charge in [0.2, 0.25) is 32.7 Å². The van der Waals surface area contributed by atoms with Crippen LogP contribution in [-0.2, 0) is 30.6 Å². The third-order valence-corrected chi connectivity index (χ3v) is 7.27. The Morgan fingerprint density at radius 1 is 1.25 bits per heavy atom. The number of amides is 4. The van der Waals surface area contributed by atoms with Gasteiger partial charge in [-0.15, -0.1) is 0 Å². The monoisotopic (exact) mass is 468 g/mol. The van der Waals surface area contributed by atoms with E-state index in [1.54, 1.807) is 20.8 Å². The number of primary amides is 1. The van der Waals surface area contributed by atoms with E-state index in [1.165, 1.54) is 18.1 Å². The molecule has 2 heterocycles. The van der Waals surface area contributed by atoms with Crippen molar-refractivity contribution in [2.45, 2.75) is 56.0 Å². The van der Waals surface area contributed by atoms with Gasteiger partial charge in [-0.3, -0.25) is 19.2 Å². The molecule has 0 saturated carbocycles. The number of nitrogens with zero attached hydrogens (tertiary/aromatic N) is 3. The predicted molar refractivity (Wildman–Crippen MR) is 113 cm³/mol. The SMILES string of the molecule is CNC(=O)CC(NC(=O)CCN1CCc2nc(S(=O)(=O)C(C)(C)C)ncc2C1=O)C(N)=O. The molecule has 1 aliphatic rings. The number of carbonyl (C=O) groups is 4. The molecule has 1 aromatic heterocycles. The van der Waals surface area contributed by atoms with Gasteiger partial charge in [0.15, 0.2) is 0 Å². The normalized spacial score (nSPS) is 15.0. The second kappa shape index (κ2) is 9.59. The Hall–Kier alpha value is -3.09. The summed E-state index contributed by atoms with van der Waals surface area (Å²) in [7, 11) is -2.36. The lowest BCUT2D eigenvalue weighted by atomic mass is 10.1. The Bertz CT molecular complexity index is 1030. The summed E-state index contributed by atoms with van der Waals surface area (Å²) in [6, 6.07) is -1.16. The summed E-state index contributed by atoms with van der Waals surface area (Å²) in [5.41, 5.74) is 5.74. The van der Waals surface area contributed by atoms with Crippen molar-refractivity contribution in [3.8, 4) is 0 Å². The zero-order valence-electron chi connectivity index (χ0n) is 18.5. The van der Waals surface area contributed by atoms with Crippen LogP contribution in [0.3, 0.4) is 0 Å². The van der Waals surface area contributed by atoms with Crippen LogP contribution in [0.4, 0.5) is 0 Å². The van der Waals surface area contributed by atoms with Crippen molar-refractivity contribution in [3.05, 3.63) is 17.5 Å². The average molecular weight is 469 g/mol. The van der Waals surface area contributed by atoms with E-state index >= 15 is 0 Å². The summed E-state index contributed by atoms with van der Waals surface area (Å²) in [6.45, 7) is 4.92. The lowest BCUT2D eigenvalue weighted by molar-refractivity contribution is -0.130. The quantitative estimate of drug-likeness (QED) is 0.387. The molecule has 4 N–H and O–H groups in total. The van der Waals surface area contributed by atoms with Crippen LogP contribution in [0.5, 0.6) is 0 Å². The average Bonchev–Trinajstić information content (AvgIpc) is 2.71. The molecule has 2 rings (SSSR count). The van der Waals surface area contributed by atoms with Gasteiger partial charge >= 0.3 is 0 Å². The minimum Gasteiger partial charge on any atom is -0.368 e. The molecule has 0 aliphatic carbocycles. The summed E-state index contributed by atoms with van der Waals surface area (Å²) in [6.07, 6.45) is 1.10. The van der Waals surface area contributed by atoms with E-state index in [0.717, 1.165) is 0 Å². The maximum atomic E-state index is 12.7. The fraction of sp³-hybridized carbons (Fsp3) is 0.579. The zero-order valence-corrected chi connectivity index (χ0v) is 19.3. The molecule has 0 radical (unpaired) electrons. The van der Waals surface area contributed by atoms with Crippen molar-refractivity contribution < 1.29 is 27.6 Å². The molecule has 12 nitrogen and oxygen atoms in total. The number of fused-ring (bicyclic) bond motifs is 1. The molecule has 0 spiro atoms. The minimum absolute atomic E-state index is 0.0532. The molecule has 176 valence electrons. The highest BCUT2D eigenvalue weighted by molar-refractivity contribution is 7.92. The molecule has 1 aromatic rings. The van der Waals surface area contributed by atoms with Crippen molar-refractivity contribution in [3.63, 3.8) is 0 Å². The third-order valence-electron chi connectivity index (χ3n) is 4.98. The molecule has 1 aliphatic heterocycles. The molecule has 4 amide bonds. The highest BCUT2D eigenvalue weighted by Gasteiger charge is 2.35. The van der Waals surface area contributed by atoms with Gasteiger partial charge in [0.1, 0.15) is 6.04 Å². The summed E-state index contributed by atoms with van der Waals surface area (Å²) >= 11 is 0. The van der Waals surface area contributed by atoms with Crippen molar-refractivity contribution in [2.75, 3.05) is 20.1 Å². The van der Waals surface area contributed by atoms with Crippen LogP contribution in [0.25, 0.3) is 0 Å². The van der Waals surface area contributed by atoms with Crippen LogP contribution >= 0.6 is 0 Å². The Labute approximate surface area is 186 Å². The van der Waals surface area contributed by atoms with Crippen molar-refractivity contribution in [1.82, 2.24) is 25.5 Å². The fourth-order valence-electron chi connectivity index (χ4n) is 2.91. The Kier molecular flexibility index (Phi) is 7.54. The maximum Gasteiger partial charge on any atom is 0.257 e. The number of aromatic nitrogens is 2. The topological polar surface area (TPSA) is 182 Å². The Morgan fingerprint density at radius 3 is 2.47 bits per heavy atom. The third kappa shape index (κ3) is 5.58. The number of sulfone groups is 1. The first-order chi connectivity index (χ1) is 14.8. The highest BCUT2D eigenvalue weighted by atomic mass is 32.2. The van der Waals surface area contributed by atoms with E-state index < -0.39 is 44.3 Å². The molecule has 32 heavy (non-hydrogen) atoms. The van der Waals surface area contributed by atoms with Gasteiger partial charge in [0.05, 0.1) is 22.4 Å². The first-order valence-corrected chi connectivity index (χ1v) is 11.4. The highest BCUT2D eigenvalue weighted by Crippen LogP contribution is 2.24. The molecular formula is C19H28N6O6S. The van der Waals surface area contributed by atoms with Crippen LogP contribution < -0.4 is 16.4 Å². The minimum atomic E-state index is -3.76.